The van der Waals surface area contributed by atoms with Gasteiger partial charge in [0.25, 0.3) is 10.2 Å². The number of benzene rings is 1. The molecule has 1 saturated carbocycles. The number of halogens is 3. The highest BCUT2D eigenvalue weighted by Crippen LogP contribution is 2.47. The fourth-order valence-electron chi connectivity index (χ4n) is 6.50. The maximum absolute atomic E-state index is 13.5. The van der Waals surface area contributed by atoms with Gasteiger partial charge in [0.15, 0.2) is 0 Å². The summed E-state index contributed by atoms with van der Waals surface area (Å²) in [6, 6.07) is 3.86. The third-order valence-electron chi connectivity index (χ3n) is 8.67. The average Bonchev–Trinajstić information content (AvgIpc) is 3.53. The van der Waals surface area contributed by atoms with E-state index in [2.05, 4.69) is 5.32 Å². The van der Waals surface area contributed by atoms with E-state index in [1.807, 2.05) is 0 Å². The molecule has 0 radical (unpaired) electrons. The molecule has 1 aromatic rings. The normalized spacial score (nSPS) is 28.0. The van der Waals surface area contributed by atoms with Crippen molar-refractivity contribution in [3.8, 4) is 0 Å². The number of nitrogens with one attached hydrogen (secondary N) is 1. The molecule has 2 amide bonds. The molecule has 3 saturated heterocycles. The molecule has 4 aliphatic rings. The second kappa shape index (κ2) is 10.6. The Morgan fingerprint density at radius 1 is 1.03 bits per heavy atom. The predicted octanol–water partition coefficient (Wildman–Crippen LogP) is 2.12. The zero-order valence-electron chi connectivity index (χ0n) is 21.7. The molecule has 1 spiro atoms. The summed E-state index contributed by atoms with van der Waals surface area (Å²) in [7, 11) is -3.71. The number of piperidine rings is 1. The predicted molar refractivity (Wildman–Crippen MR) is 135 cm³/mol. The van der Waals surface area contributed by atoms with Crippen molar-refractivity contribution in [2.75, 3.05) is 32.7 Å². The molecule has 0 aromatic heterocycles. The zero-order chi connectivity index (χ0) is 28.0. The minimum atomic E-state index is -4.43. The Balaban J connectivity index is 1.16. The summed E-state index contributed by atoms with van der Waals surface area (Å²) in [5.41, 5.74) is -0.381. The highest BCUT2D eigenvalue weighted by atomic mass is 32.2. The van der Waals surface area contributed by atoms with Gasteiger partial charge in [0.2, 0.25) is 11.8 Å². The number of likely N-dealkylation sites (tertiary alicyclic amines) is 1. The van der Waals surface area contributed by atoms with E-state index in [-0.39, 0.29) is 36.4 Å². The van der Waals surface area contributed by atoms with E-state index in [0.717, 1.165) is 18.6 Å². The summed E-state index contributed by atoms with van der Waals surface area (Å²) in [5, 5.41) is 12.6. The van der Waals surface area contributed by atoms with Gasteiger partial charge in [-0.25, -0.2) is 0 Å². The zero-order valence-corrected chi connectivity index (χ0v) is 22.5. The molecule has 1 aliphatic carbocycles. The van der Waals surface area contributed by atoms with Gasteiger partial charge in [0.1, 0.15) is 6.04 Å². The quantitative estimate of drug-likeness (QED) is 0.543. The Bertz CT molecular complexity index is 1190. The second-order valence-corrected chi connectivity index (χ2v) is 13.4. The van der Waals surface area contributed by atoms with Crippen LogP contribution < -0.4 is 5.32 Å². The third-order valence-corrected chi connectivity index (χ3v) is 10.6. The first-order valence-corrected chi connectivity index (χ1v) is 15.0. The lowest BCUT2D eigenvalue weighted by atomic mass is 9.80. The Morgan fingerprint density at radius 2 is 1.72 bits per heavy atom. The number of carbonyl (C=O) groups excluding carboxylic acids is 2. The van der Waals surface area contributed by atoms with Crippen LogP contribution in [0.25, 0.3) is 0 Å². The summed E-state index contributed by atoms with van der Waals surface area (Å²) in [6.45, 7) is 1.65. The van der Waals surface area contributed by atoms with Crippen LogP contribution in [-0.4, -0.2) is 83.7 Å². The minimum Gasteiger partial charge on any atom is -0.393 e. The Morgan fingerprint density at radius 3 is 2.36 bits per heavy atom. The lowest BCUT2D eigenvalue weighted by Crippen LogP contribution is -2.62. The molecule has 216 valence electrons. The highest BCUT2D eigenvalue weighted by Gasteiger charge is 2.53. The van der Waals surface area contributed by atoms with Gasteiger partial charge in [-0.15, -0.1) is 0 Å². The van der Waals surface area contributed by atoms with Gasteiger partial charge in [-0.05, 0) is 62.6 Å². The molecule has 9 nitrogen and oxygen atoms in total. The number of aliphatic hydroxyl groups is 1. The molecular weight excluding hydrogens is 537 g/mol. The van der Waals surface area contributed by atoms with E-state index in [4.69, 9.17) is 0 Å². The van der Waals surface area contributed by atoms with Crippen LogP contribution in [0.1, 0.15) is 56.1 Å². The summed E-state index contributed by atoms with van der Waals surface area (Å²) < 4.78 is 67.7. The van der Waals surface area contributed by atoms with Gasteiger partial charge in [0.05, 0.1) is 17.6 Å². The molecule has 5 rings (SSSR count). The number of hydrogen-bond acceptors (Lipinski definition) is 5. The second-order valence-electron chi connectivity index (χ2n) is 11.5. The SMILES string of the molecule is O=C(NCc1ccc(C(F)(F)F)cc1)[C@H]1CCCN1C(=O)[C@H]1CCCN(S(=O)(=O)N2CC3(CC[C@@H](O)C3)C2)C1. The maximum atomic E-state index is 13.5. The Labute approximate surface area is 226 Å². The lowest BCUT2D eigenvalue weighted by Gasteiger charge is -2.49. The van der Waals surface area contributed by atoms with Gasteiger partial charge in [0, 0.05) is 44.7 Å². The molecule has 3 atom stereocenters. The number of carbonyl (C=O) groups is 2. The first-order chi connectivity index (χ1) is 18.4. The lowest BCUT2D eigenvalue weighted by molar-refractivity contribution is -0.142. The van der Waals surface area contributed by atoms with Gasteiger partial charge in [-0.3, -0.25) is 9.59 Å². The Hall–Kier alpha value is -2.22. The van der Waals surface area contributed by atoms with Crippen LogP contribution in [0.3, 0.4) is 0 Å². The van der Waals surface area contributed by atoms with E-state index in [9.17, 15) is 36.3 Å². The largest absolute Gasteiger partial charge is 0.416 e. The number of aliphatic hydroxyl groups excluding tert-OH is 1. The van der Waals surface area contributed by atoms with Crippen molar-refractivity contribution in [2.45, 2.75) is 69.8 Å². The van der Waals surface area contributed by atoms with Crippen LogP contribution in [0.2, 0.25) is 0 Å². The first kappa shape index (κ1) is 28.3. The number of hydrogen-bond donors (Lipinski definition) is 2. The number of nitrogens with zero attached hydrogens (tertiary/aromatic N) is 3. The van der Waals surface area contributed by atoms with Gasteiger partial charge < -0.3 is 15.3 Å². The molecule has 2 N–H and O–H groups in total. The average molecular weight is 573 g/mol. The molecular formula is C26H35F3N4O5S. The van der Waals surface area contributed by atoms with Gasteiger partial charge in [-0.2, -0.15) is 30.2 Å². The van der Waals surface area contributed by atoms with Crippen LogP contribution >= 0.6 is 0 Å². The van der Waals surface area contributed by atoms with Crippen molar-refractivity contribution in [1.82, 2.24) is 18.8 Å². The van der Waals surface area contributed by atoms with Crippen LogP contribution in [0.5, 0.6) is 0 Å². The van der Waals surface area contributed by atoms with E-state index < -0.39 is 33.9 Å². The topological polar surface area (TPSA) is 110 Å². The number of rotatable bonds is 6. The van der Waals surface area contributed by atoms with Crippen molar-refractivity contribution >= 4 is 22.0 Å². The van der Waals surface area contributed by atoms with Crippen molar-refractivity contribution in [3.05, 3.63) is 35.4 Å². The van der Waals surface area contributed by atoms with E-state index in [1.165, 1.54) is 25.6 Å². The van der Waals surface area contributed by atoms with Gasteiger partial charge in [-0.1, -0.05) is 12.1 Å². The molecule has 13 heteroatoms. The molecule has 0 bridgehead atoms. The van der Waals surface area contributed by atoms with E-state index in [0.29, 0.717) is 70.3 Å². The van der Waals surface area contributed by atoms with Crippen molar-refractivity contribution < 1.29 is 36.3 Å². The van der Waals surface area contributed by atoms with Crippen LogP contribution in [0.4, 0.5) is 13.2 Å². The maximum Gasteiger partial charge on any atom is 0.416 e. The van der Waals surface area contributed by atoms with Crippen LogP contribution in [-0.2, 0) is 32.5 Å². The first-order valence-electron chi connectivity index (χ1n) is 13.6. The molecule has 39 heavy (non-hydrogen) atoms. The van der Waals surface area contributed by atoms with Crippen molar-refractivity contribution in [1.29, 1.82) is 0 Å². The Kier molecular flexibility index (Phi) is 7.72. The molecule has 0 unspecified atom stereocenters. The van der Waals surface area contributed by atoms with Crippen LogP contribution in [0, 0.1) is 11.3 Å². The molecule has 3 heterocycles. The monoisotopic (exact) mass is 572 g/mol. The number of alkyl halides is 3. The number of amides is 2. The van der Waals surface area contributed by atoms with E-state index in [1.54, 1.807) is 0 Å². The third kappa shape index (κ3) is 5.82. The fraction of sp³-hybridized carbons (Fsp3) is 0.692. The highest BCUT2D eigenvalue weighted by molar-refractivity contribution is 7.86. The molecule has 3 aliphatic heterocycles. The summed E-state index contributed by atoms with van der Waals surface area (Å²) >= 11 is 0. The van der Waals surface area contributed by atoms with Crippen molar-refractivity contribution in [3.63, 3.8) is 0 Å². The molecule has 4 fully saturated rings. The smallest absolute Gasteiger partial charge is 0.393 e. The summed E-state index contributed by atoms with van der Waals surface area (Å²) in [6.07, 6.45) is -0.464. The van der Waals surface area contributed by atoms with Crippen molar-refractivity contribution in [2.24, 2.45) is 11.3 Å². The summed E-state index contributed by atoms with van der Waals surface area (Å²) in [5.74, 6) is -1.15. The fourth-order valence-corrected chi connectivity index (χ4v) is 8.43. The van der Waals surface area contributed by atoms with E-state index >= 15 is 0 Å². The standard InChI is InChI=1S/C26H35F3N4O5S/c27-26(28,29)20-7-5-18(6-8-20)14-30-23(35)22-4-2-12-33(22)24(36)19-3-1-11-31(15-19)39(37,38)32-16-25(17-32)10-9-21(34)13-25/h5-8,19,21-22,34H,1-4,9-17H2,(H,30,35)/t19-,21+,22+/m0/s1. The minimum absolute atomic E-state index is 0.0410. The van der Waals surface area contributed by atoms with Crippen LogP contribution in [0.15, 0.2) is 24.3 Å². The van der Waals surface area contributed by atoms with Gasteiger partial charge >= 0.3 is 6.18 Å². The summed E-state index contributed by atoms with van der Waals surface area (Å²) in [4.78, 5) is 27.9. The molecule has 1 aromatic carbocycles.